The molecule has 30 heavy (non-hydrogen) atoms. The lowest BCUT2D eigenvalue weighted by Crippen LogP contribution is -2.40. The third kappa shape index (κ3) is 4.96. The number of rotatable bonds is 6. The van der Waals surface area contributed by atoms with E-state index in [9.17, 15) is 9.59 Å². The van der Waals surface area contributed by atoms with Gasteiger partial charge >= 0.3 is 0 Å². The van der Waals surface area contributed by atoms with E-state index in [1.54, 1.807) is 14.2 Å². The lowest BCUT2D eigenvalue weighted by Gasteiger charge is -2.32. The standard InChI is InChI=1S/C23H30N4O3/c1-15-19(13-21(28)24-3)16(2)26-23(25-15)18-9-7-11-27(14-18)22(29)12-17-8-5-6-10-20(17)30-4/h5-6,8,10,18H,7,9,11-14H2,1-4H3,(H,24,28)/t18-/m0/s1. The molecule has 1 saturated heterocycles. The minimum atomic E-state index is -0.0525. The first kappa shape index (κ1) is 21.7. The van der Waals surface area contributed by atoms with Crippen molar-refractivity contribution in [2.75, 3.05) is 27.2 Å². The van der Waals surface area contributed by atoms with E-state index in [1.807, 2.05) is 43.0 Å². The number of para-hydroxylation sites is 1. The molecule has 2 heterocycles. The van der Waals surface area contributed by atoms with Gasteiger partial charge in [-0.05, 0) is 32.8 Å². The third-order valence-corrected chi connectivity index (χ3v) is 5.73. The normalized spacial score (nSPS) is 16.3. The van der Waals surface area contributed by atoms with Crippen molar-refractivity contribution in [3.8, 4) is 5.75 Å². The van der Waals surface area contributed by atoms with Crippen LogP contribution >= 0.6 is 0 Å². The summed E-state index contributed by atoms with van der Waals surface area (Å²) in [5.41, 5.74) is 3.43. The quantitative estimate of drug-likeness (QED) is 0.790. The molecule has 1 aliphatic rings. The monoisotopic (exact) mass is 410 g/mol. The second-order valence-electron chi connectivity index (χ2n) is 7.75. The Labute approximate surface area is 177 Å². The molecule has 1 aromatic carbocycles. The Hall–Kier alpha value is -2.96. The molecule has 2 amide bonds. The number of aromatic nitrogens is 2. The first-order chi connectivity index (χ1) is 14.4. The fourth-order valence-corrected chi connectivity index (χ4v) is 3.99. The molecule has 1 N–H and O–H groups in total. The van der Waals surface area contributed by atoms with Crippen molar-refractivity contribution >= 4 is 11.8 Å². The second-order valence-corrected chi connectivity index (χ2v) is 7.75. The largest absolute Gasteiger partial charge is 0.496 e. The van der Waals surface area contributed by atoms with E-state index in [0.717, 1.165) is 53.5 Å². The average molecular weight is 411 g/mol. The van der Waals surface area contributed by atoms with Crippen LogP contribution < -0.4 is 10.1 Å². The van der Waals surface area contributed by atoms with Crippen LogP contribution in [0.4, 0.5) is 0 Å². The lowest BCUT2D eigenvalue weighted by atomic mass is 9.95. The number of likely N-dealkylation sites (N-methyl/N-ethyl adjacent to an activating group) is 1. The molecule has 1 aliphatic heterocycles. The van der Waals surface area contributed by atoms with Crippen LogP contribution in [-0.4, -0.2) is 53.9 Å². The Balaban J connectivity index is 1.73. The van der Waals surface area contributed by atoms with Gasteiger partial charge in [0.1, 0.15) is 11.6 Å². The Morgan fingerprint density at radius 3 is 2.53 bits per heavy atom. The Morgan fingerprint density at radius 2 is 1.87 bits per heavy atom. The van der Waals surface area contributed by atoms with Crippen LogP contribution in [0.3, 0.4) is 0 Å². The van der Waals surface area contributed by atoms with Crippen molar-refractivity contribution in [1.29, 1.82) is 0 Å². The highest BCUT2D eigenvalue weighted by Crippen LogP contribution is 2.27. The highest BCUT2D eigenvalue weighted by Gasteiger charge is 2.28. The summed E-state index contributed by atoms with van der Waals surface area (Å²) in [7, 11) is 3.25. The number of benzene rings is 1. The number of carbonyl (C=O) groups is 2. The molecule has 1 fully saturated rings. The summed E-state index contributed by atoms with van der Waals surface area (Å²) in [6.45, 7) is 5.20. The van der Waals surface area contributed by atoms with Crippen molar-refractivity contribution in [2.45, 2.75) is 45.4 Å². The summed E-state index contributed by atoms with van der Waals surface area (Å²) in [4.78, 5) is 36.0. The van der Waals surface area contributed by atoms with Crippen molar-refractivity contribution in [2.24, 2.45) is 0 Å². The number of aryl methyl sites for hydroxylation is 2. The maximum Gasteiger partial charge on any atom is 0.227 e. The van der Waals surface area contributed by atoms with Gasteiger partial charge in [-0.25, -0.2) is 9.97 Å². The van der Waals surface area contributed by atoms with Gasteiger partial charge in [-0.1, -0.05) is 18.2 Å². The number of methoxy groups -OCH3 is 1. The van der Waals surface area contributed by atoms with Crippen LogP contribution in [0.5, 0.6) is 5.75 Å². The molecule has 3 rings (SSSR count). The maximum atomic E-state index is 12.9. The van der Waals surface area contributed by atoms with E-state index >= 15 is 0 Å². The SMILES string of the molecule is CNC(=O)Cc1c(C)nc([C@H]2CCCN(C(=O)Cc3ccccc3OC)C2)nc1C. The van der Waals surface area contributed by atoms with Gasteiger partial charge < -0.3 is 15.0 Å². The Kier molecular flexibility index (Phi) is 7.03. The number of likely N-dealkylation sites (tertiary alicyclic amines) is 1. The van der Waals surface area contributed by atoms with E-state index in [1.165, 1.54) is 0 Å². The van der Waals surface area contributed by atoms with Gasteiger partial charge in [0.15, 0.2) is 0 Å². The van der Waals surface area contributed by atoms with Crippen molar-refractivity contribution < 1.29 is 14.3 Å². The molecule has 7 heteroatoms. The molecule has 1 atom stereocenters. The topological polar surface area (TPSA) is 84.4 Å². The van der Waals surface area contributed by atoms with Crippen LogP contribution in [0.1, 0.15) is 47.1 Å². The number of nitrogens with zero attached hydrogens (tertiary/aromatic N) is 3. The average Bonchev–Trinajstić information content (AvgIpc) is 2.76. The Bertz CT molecular complexity index is 905. The van der Waals surface area contributed by atoms with Gasteiger partial charge in [0, 0.05) is 48.6 Å². The number of hydrogen-bond donors (Lipinski definition) is 1. The molecule has 160 valence electrons. The van der Waals surface area contributed by atoms with Gasteiger partial charge in [-0.15, -0.1) is 0 Å². The van der Waals surface area contributed by atoms with Crippen LogP contribution in [0.2, 0.25) is 0 Å². The molecule has 0 radical (unpaired) electrons. The lowest BCUT2D eigenvalue weighted by molar-refractivity contribution is -0.131. The fraction of sp³-hybridized carbons (Fsp3) is 0.478. The molecule has 0 spiro atoms. The van der Waals surface area contributed by atoms with Gasteiger partial charge in [0.2, 0.25) is 11.8 Å². The van der Waals surface area contributed by atoms with Crippen LogP contribution in [0.25, 0.3) is 0 Å². The summed E-state index contributed by atoms with van der Waals surface area (Å²) in [6, 6.07) is 7.63. The fourth-order valence-electron chi connectivity index (χ4n) is 3.99. The molecule has 2 aromatic rings. The molecule has 7 nitrogen and oxygen atoms in total. The third-order valence-electron chi connectivity index (χ3n) is 5.73. The summed E-state index contributed by atoms with van der Waals surface area (Å²) in [5, 5.41) is 2.64. The summed E-state index contributed by atoms with van der Waals surface area (Å²) in [6.07, 6.45) is 2.47. The predicted octanol–water partition coefficient (Wildman–Crippen LogP) is 2.34. The first-order valence-corrected chi connectivity index (χ1v) is 10.4. The number of nitrogens with one attached hydrogen (secondary N) is 1. The van der Waals surface area contributed by atoms with Crippen LogP contribution in [0.15, 0.2) is 24.3 Å². The molecular weight excluding hydrogens is 380 g/mol. The van der Waals surface area contributed by atoms with Crippen LogP contribution in [0, 0.1) is 13.8 Å². The van der Waals surface area contributed by atoms with E-state index in [0.29, 0.717) is 13.0 Å². The molecular formula is C23H30N4O3. The van der Waals surface area contributed by atoms with Gasteiger partial charge in [-0.2, -0.15) is 0 Å². The van der Waals surface area contributed by atoms with E-state index in [2.05, 4.69) is 5.32 Å². The van der Waals surface area contributed by atoms with Crippen molar-refractivity contribution in [1.82, 2.24) is 20.2 Å². The number of amides is 2. The summed E-state index contributed by atoms with van der Waals surface area (Å²) in [5.74, 6) is 1.64. The van der Waals surface area contributed by atoms with Gasteiger partial charge in [0.25, 0.3) is 0 Å². The zero-order valence-electron chi connectivity index (χ0n) is 18.2. The molecule has 0 bridgehead atoms. The zero-order chi connectivity index (χ0) is 21.7. The van der Waals surface area contributed by atoms with Crippen molar-refractivity contribution in [3.63, 3.8) is 0 Å². The van der Waals surface area contributed by atoms with Crippen molar-refractivity contribution in [3.05, 3.63) is 52.6 Å². The van der Waals surface area contributed by atoms with Crippen LogP contribution in [-0.2, 0) is 22.4 Å². The number of piperidine rings is 1. The zero-order valence-corrected chi connectivity index (χ0v) is 18.2. The van der Waals surface area contributed by atoms with E-state index < -0.39 is 0 Å². The first-order valence-electron chi connectivity index (χ1n) is 10.4. The highest BCUT2D eigenvalue weighted by atomic mass is 16.5. The molecule has 0 unspecified atom stereocenters. The maximum absolute atomic E-state index is 12.9. The molecule has 0 saturated carbocycles. The van der Waals surface area contributed by atoms with Gasteiger partial charge in [-0.3, -0.25) is 9.59 Å². The predicted molar refractivity (Wildman–Crippen MR) is 115 cm³/mol. The highest BCUT2D eigenvalue weighted by molar-refractivity contribution is 5.80. The molecule has 1 aromatic heterocycles. The number of ether oxygens (including phenoxy) is 1. The minimum absolute atomic E-state index is 0.0525. The minimum Gasteiger partial charge on any atom is -0.496 e. The van der Waals surface area contributed by atoms with E-state index in [4.69, 9.17) is 14.7 Å². The molecule has 0 aliphatic carbocycles. The summed E-state index contributed by atoms with van der Waals surface area (Å²) >= 11 is 0. The second kappa shape index (κ2) is 9.69. The Morgan fingerprint density at radius 1 is 1.17 bits per heavy atom. The number of carbonyl (C=O) groups excluding carboxylic acids is 2. The number of hydrogen-bond acceptors (Lipinski definition) is 5. The van der Waals surface area contributed by atoms with E-state index in [-0.39, 0.29) is 24.2 Å². The smallest absolute Gasteiger partial charge is 0.227 e. The summed E-state index contributed by atoms with van der Waals surface area (Å²) < 4.78 is 5.38. The van der Waals surface area contributed by atoms with Gasteiger partial charge in [0.05, 0.1) is 20.0 Å².